The first-order valence-electron chi connectivity index (χ1n) is 8.27. The molecule has 2 heterocycles. The molecule has 2 N–H and O–H groups in total. The zero-order valence-corrected chi connectivity index (χ0v) is 15.8. The smallest absolute Gasteiger partial charge is 0.314 e. The number of carbonyl (C=O) groups excluding carboxylic acids is 2. The van der Waals surface area contributed by atoms with E-state index in [9.17, 15) is 18.0 Å². The SMILES string of the molecule is COCCNC(=O)C(=O)Nc1c2c(nn1-c1ccc(C)cc1)CS(=O)(=O)C2. The second kappa shape index (κ2) is 7.49. The molecule has 0 saturated heterocycles. The van der Waals surface area contributed by atoms with E-state index in [1.165, 1.54) is 11.8 Å². The lowest BCUT2D eigenvalue weighted by Gasteiger charge is -2.11. The third-order valence-corrected chi connectivity index (χ3v) is 5.54. The molecule has 2 aromatic rings. The van der Waals surface area contributed by atoms with Gasteiger partial charge in [0.25, 0.3) is 0 Å². The van der Waals surface area contributed by atoms with Crippen LogP contribution in [0.25, 0.3) is 5.69 Å². The van der Waals surface area contributed by atoms with Gasteiger partial charge in [-0.25, -0.2) is 13.1 Å². The monoisotopic (exact) mass is 392 g/mol. The zero-order valence-electron chi connectivity index (χ0n) is 15.0. The summed E-state index contributed by atoms with van der Waals surface area (Å²) in [6.07, 6.45) is 0. The minimum Gasteiger partial charge on any atom is -0.383 e. The van der Waals surface area contributed by atoms with E-state index in [4.69, 9.17) is 4.74 Å². The summed E-state index contributed by atoms with van der Waals surface area (Å²) in [6, 6.07) is 7.37. The minimum atomic E-state index is -3.31. The number of aryl methyl sites for hydroxylation is 1. The maximum Gasteiger partial charge on any atom is 0.314 e. The Labute approximate surface area is 156 Å². The number of hydrogen-bond acceptors (Lipinski definition) is 6. The molecule has 0 bridgehead atoms. The fraction of sp³-hybridized carbons (Fsp3) is 0.353. The van der Waals surface area contributed by atoms with Gasteiger partial charge in [-0.05, 0) is 19.1 Å². The van der Waals surface area contributed by atoms with Crippen LogP contribution in [-0.4, -0.2) is 50.3 Å². The number of rotatable bonds is 5. The van der Waals surface area contributed by atoms with E-state index in [2.05, 4.69) is 15.7 Å². The lowest BCUT2D eigenvalue weighted by atomic mass is 10.2. The van der Waals surface area contributed by atoms with Crippen LogP contribution >= 0.6 is 0 Å². The van der Waals surface area contributed by atoms with Gasteiger partial charge >= 0.3 is 11.8 Å². The van der Waals surface area contributed by atoms with Crippen LogP contribution in [-0.2, 0) is 35.7 Å². The lowest BCUT2D eigenvalue weighted by molar-refractivity contribution is -0.136. The number of anilines is 1. The summed E-state index contributed by atoms with van der Waals surface area (Å²) in [5.74, 6) is -1.95. The van der Waals surface area contributed by atoms with E-state index in [1.54, 1.807) is 12.1 Å². The molecule has 27 heavy (non-hydrogen) atoms. The van der Waals surface area contributed by atoms with Gasteiger partial charge in [-0.1, -0.05) is 17.7 Å². The van der Waals surface area contributed by atoms with E-state index < -0.39 is 21.7 Å². The molecule has 1 aromatic carbocycles. The second-order valence-electron chi connectivity index (χ2n) is 6.26. The second-order valence-corrected chi connectivity index (χ2v) is 8.32. The molecular formula is C17H20N4O5S. The summed E-state index contributed by atoms with van der Waals surface area (Å²) in [6.45, 7) is 2.40. The molecule has 3 rings (SSSR count). The van der Waals surface area contributed by atoms with Gasteiger partial charge in [0.2, 0.25) is 0 Å². The van der Waals surface area contributed by atoms with Crippen molar-refractivity contribution in [3.05, 3.63) is 41.1 Å². The van der Waals surface area contributed by atoms with Crippen molar-refractivity contribution in [3.63, 3.8) is 0 Å². The Morgan fingerprint density at radius 2 is 1.89 bits per heavy atom. The van der Waals surface area contributed by atoms with Gasteiger partial charge in [-0.15, -0.1) is 0 Å². The highest BCUT2D eigenvalue weighted by Crippen LogP contribution is 2.32. The van der Waals surface area contributed by atoms with Crippen molar-refractivity contribution in [2.45, 2.75) is 18.4 Å². The van der Waals surface area contributed by atoms with Gasteiger partial charge in [-0.2, -0.15) is 5.10 Å². The van der Waals surface area contributed by atoms with Crippen molar-refractivity contribution >= 4 is 27.5 Å². The van der Waals surface area contributed by atoms with Crippen molar-refractivity contribution in [2.75, 3.05) is 25.6 Å². The molecule has 0 saturated carbocycles. The Kier molecular flexibility index (Phi) is 5.29. The third kappa shape index (κ3) is 4.17. The number of hydrogen-bond donors (Lipinski definition) is 2. The quantitative estimate of drug-likeness (QED) is 0.558. The summed E-state index contributed by atoms with van der Waals surface area (Å²) in [5, 5.41) is 9.28. The fourth-order valence-corrected chi connectivity index (χ4v) is 4.25. The Balaban J connectivity index is 1.92. The number of sulfone groups is 1. The number of carbonyl (C=O) groups is 2. The summed E-state index contributed by atoms with van der Waals surface area (Å²) >= 11 is 0. The number of methoxy groups -OCH3 is 1. The molecule has 9 nitrogen and oxygen atoms in total. The Hall–Kier alpha value is -2.72. The molecule has 1 aliphatic heterocycles. The number of fused-ring (bicyclic) bond motifs is 1. The van der Waals surface area contributed by atoms with Crippen molar-refractivity contribution in [1.29, 1.82) is 0 Å². The third-order valence-electron chi connectivity index (χ3n) is 4.10. The van der Waals surface area contributed by atoms with Crippen molar-refractivity contribution < 1.29 is 22.7 Å². The van der Waals surface area contributed by atoms with Gasteiger partial charge in [0.05, 0.1) is 29.5 Å². The number of aromatic nitrogens is 2. The Bertz CT molecular complexity index is 979. The predicted octanol–water partition coefficient (Wildman–Crippen LogP) is 0.310. The molecule has 0 unspecified atom stereocenters. The predicted molar refractivity (Wildman–Crippen MR) is 98.1 cm³/mol. The number of ether oxygens (including phenoxy) is 1. The van der Waals surface area contributed by atoms with Gasteiger partial charge in [0.15, 0.2) is 9.84 Å². The molecule has 1 aromatic heterocycles. The van der Waals surface area contributed by atoms with Crippen molar-refractivity contribution in [3.8, 4) is 5.69 Å². The summed E-state index contributed by atoms with van der Waals surface area (Å²) < 4.78 is 30.1. The first-order chi connectivity index (χ1) is 12.8. The van der Waals surface area contributed by atoms with E-state index in [-0.39, 0.29) is 30.5 Å². The molecule has 0 aliphatic carbocycles. The van der Waals surface area contributed by atoms with Crippen LogP contribution in [0.4, 0.5) is 5.82 Å². The van der Waals surface area contributed by atoms with Crippen LogP contribution in [0.2, 0.25) is 0 Å². The molecule has 1 aliphatic rings. The summed E-state index contributed by atoms with van der Waals surface area (Å²) in [4.78, 5) is 24.2. The van der Waals surface area contributed by atoms with E-state index in [0.29, 0.717) is 16.9 Å². The van der Waals surface area contributed by atoms with E-state index in [1.807, 2.05) is 19.1 Å². The number of amides is 2. The first kappa shape index (κ1) is 19.1. The van der Waals surface area contributed by atoms with E-state index >= 15 is 0 Å². The molecule has 0 spiro atoms. The molecule has 2 amide bonds. The summed E-state index contributed by atoms with van der Waals surface area (Å²) in [5.41, 5.74) is 2.49. The maximum absolute atomic E-state index is 12.2. The Morgan fingerprint density at radius 3 is 2.56 bits per heavy atom. The standard InChI is InChI=1S/C17H20N4O5S/c1-11-3-5-12(6-4-11)21-15(13-9-27(24,25)10-14(13)20-21)19-17(23)16(22)18-7-8-26-2/h3-6H,7-10H2,1-2H3,(H,18,22)(H,19,23). The van der Waals surface area contributed by atoms with Crippen molar-refractivity contribution in [2.24, 2.45) is 0 Å². The molecule has 10 heteroatoms. The molecule has 0 radical (unpaired) electrons. The normalized spacial score (nSPS) is 14.6. The highest BCUT2D eigenvalue weighted by atomic mass is 32.2. The average Bonchev–Trinajstić information content (AvgIpc) is 3.08. The highest BCUT2D eigenvalue weighted by Gasteiger charge is 2.33. The van der Waals surface area contributed by atoms with Gasteiger partial charge in [0, 0.05) is 19.2 Å². The van der Waals surface area contributed by atoms with Crippen LogP contribution in [0.3, 0.4) is 0 Å². The van der Waals surface area contributed by atoms with Gasteiger partial charge in [-0.3, -0.25) is 9.59 Å². The zero-order chi connectivity index (χ0) is 19.6. The van der Waals surface area contributed by atoms with Gasteiger partial charge in [0.1, 0.15) is 5.82 Å². The van der Waals surface area contributed by atoms with E-state index in [0.717, 1.165) is 5.56 Å². The fourth-order valence-electron chi connectivity index (χ4n) is 2.75. The maximum atomic E-state index is 12.2. The van der Waals surface area contributed by atoms with Crippen LogP contribution in [0.5, 0.6) is 0 Å². The van der Waals surface area contributed by atoms with Crippen LogP contribution in [0, 0.1) is 6.92 Å². The molecular weight excluding hydrogens is 372 g/mol. The topological polar surface area (TPSA) is 119 Å². The molecule has 0 atom stereocenters. The number of nitrogens with zero attached hydrogens (tertiary/aromatic N) is 2. The first-order valence-corrected chi connectivity index (χ1v) is 10.1. The highest BCUT2D eigenvalue weighted by molar-refractivity contribution is 7.90. The molecule has 144 valence electrons. The van der Waals surface area contributed by atoms with Crippen molar-refractivity contribution in [1.82, 2.24) is 15.1 Å². The van der Waals surface area contributed by atoms with Crippen LogP contribution in [0.15, 0.2) is 24.3 Å². The van der Waals surface area contributed by atoms with Crippen LogP contribution in [0.1, 0.15) is 16.8 Å². The number of nitrogens with one attached hydrogen (secondary N) is 2. The minimum absolute atomic E-state index is 0.187. The van der Waals surface area contributed by atoms with Gasteiger partial charge < -0.3 is 15.4 Å². The summed E-state index contributed by atoms with van der Waals surface area (Å²) in [7, 11) is -1.83. The number of benzene rings is 1. The lowest BCUT2D eigenvalue weighted by Crippen LogP contribution is -2.37. The Morgan fingerprint density at radius 1 is 1.19 bits per heavy atom. The largest absolute Gasteiger partial charge is 0.383 e. The average molecular weight is 392 g/mol. The van der Waals surface area contributed by atoms with Crippen LogP contribution < -0.4 is 10.6 Å². The molecule has 0 fully saturated rings.